The van der Waals surface area contributed by atoms with Crippen molar-refractivity contribution in [3.05, 3.63) is 24.3 Å². The second-order valence-corrected chi connectivity index (χ2v) is 7.26. The first-order chi connectivity index (χ1) is 12.0. The zero-order valence-corrected chi connectivity index (χ0v) is 15.9. The van der Waals surface area contributed by atoms with E-state index in [1.54, 1.807) is 39.0 Å². The van der Waals surface area contributed by atoms with E-state index in [1.165, 1.54) is 0 Å². The summed E-state index contributed by atoms with van der Waals surface area (Å²) in [4.78, 5) is 13.1. The molecule has 0 atom stereocenters. The van der Waals surface area contributed by atoms with Crippen molar-refractivity contribution in [2.24, 2.45) is 5.41 Å². The number of hydrogen-bond donors (Lipinski definition) is 0. The van der Waals surface area contributed by atoms with Crippen LogP contribution in [0.5, 0.6) is 11.5 Å². The van der Waals surface area contributed by atoms with Gasteiger partial charge in [0.1, 0.15) is 6.54 Å². The Kier molecular flexibility index (Phi) is 8.24. The van der Waals surface area contributed by atoms with Gasteiger partial charge in [-0.05, 0) is 30.9 Å². The van der Waals surface area contributed by atoms with Crippen LogP contribution in [-0.4, -0.2) is 43.3 Å². The van der Waals surface area contributed by atoms with Crippen LogP contribution in [0.25, 0.3) is 0 Å². The van der Waals surface area contributed by atoms with E-state index < -0.39 is 24.0 Å². The molecule has 148 valence electrons. The standard InChI is InChI=1S/C19H28F3NO3/c1-5-25-15-9-6-7-10-16(15)26-12-8-11-17(24)23(13-18(2,3)4)14-19(20,21)22/h6-7,9-10H,5,8,11-14H2,1-4H3. The smallest absolute Gasteiger partial charge is 0.406 e. The van der Waals surface area contributed by atoms with Crippen LogP contribution >= 0.6 is 0 Å². The summed E-state index contributed by atoms with van der Waals surface area (Å²) in [5, 5.41) is 0. The van der Waals surface area contributed by atoms with E-state index in [-0.39, 0.29) is 19.6 Å². The zero-order chi connectivity index (χ0) is 19.8. The fourth-order valence-electron chi connectivity index (χ4n) is 2.43. The summed E-state index contributed by atoms with van der Waals surface area (Å²) in [6.45, 7) is 6.83. The average molecular weight is 375 g/mol. The van der Waals surface area contributed by atoms with Crippen LogP contribution in [0.2, 0.25) is 0 Å². The Balaban J connectivity index is 2.54. The second kappa shape index (κ2) is 9.69. The fourth-order valence-corrected chi connectivity index (χ4v) is 2.43. The molecule has 0 aliphatic heterocycles. The third-order valence-corrected chi connectivity index (χ3v) is 3.33. The first-order valence-corrected chi connectivity index (χ1v) is 8.71. The van der Waals surface area contributed by atoms with Gasteiger partial charge < -0.3 is 14.4 Å². The highest BCUT2D eigenvalue weighted by Gasteiger charge is 2.34. The van der Waals surface area contributed by atoms with Gasteiger partial charge in [-0.15, -0.1) is 0 Å². The topological polar surface area (TPSA) is 38.8 Å². The number of benzene rings is 1. The van der Waals surface area contributed by atoms with E-state index in [1.807, 2.05) is 13.0 Å². The average Bonchev–Trinajstić information content (AvgIpc) is 2.49. The Bertz CT molecular complexity index is 552. The van der Waals surface area contributed by atoms with Crippen molar-refractivity contribution < 1.29 is 27.4 Å². The molecule has 4 nitrogen and oxygen atoms in total. The minimum atomic E-state index is -4.41. The third-order valence-electron chi connectivity index (χ3n) is 3.33. The van der Waals surface area contributed by atoms with Crippen LogP contribution < -0.4 is 9.47 Å². The van der Waals surface area contributed by atoms with Gasteiger partial charge in [0.15, 0.2) is 11.5 Å². The molecule has 0 saturated carbocycles. The van der Waals surface area contributed by atoms with Gasteiger partial charge in [-0.3, -0.25) is 4.79 Å². The number of nitrogens with zero attached hydrogens (tertiary/aromatic N) is 1. The fraction of sp³-hybridized carbons (Fsp3) is 0.632. The van der Waals surface area contributed by atoms with Crippen molar-refractivity contribution in [2.45, 2.75) is 46.7 Å². The van der Waals surface area contributed by atoms with Crippen molar-refractivity contribution in [1.29, 1.82) is 0 Å². The summed E-state index contributed by atoms with van der Waals surface area (Å²) in [6.07, 6.45) is -4.07. The van der Waals surface area contributed by atoms with Gasteiger partial charge in [-0.25, -0.2) is 0 Å². The maximum Gasteiger partial charge on any atom is 0.406 e. The minimum absolute atomic E-state index is 0.00294. The maximum absolute atomic E-state index is 12.7. The molecule has 0 fully saturated rings. The highest BCUT2D eigenvalue weighted by Crippen LogP contribution is 2.27. The summed E-state index contributed by atoms with van der Waals surface area (Å²) in [5.74, 6) is 0.648. The van der Waals surface area contributed by atoms with Crippen LogP contribution in [0.15, 0.2) is 24.3 Å². The van der Waals surface area contributed by atoms with E-state index in [2.05, 4.69) is 0 Å². The molecule has 0 aliphatic rings. The molecule has 0 radical (unpaired) electrons. The number of para-hydroxylation sites is 2. The van der Waals surface area contributed by atoms with Crippen LogP contribution in [-0.2, 0) is 4.79 Å². The molecule has 0 N–H and O–H groups in total. The summed E-state index contributed by atoms with van der Waals surface area (Å²) in [7, 11) is 0. The van der Waals surface area contributed by atoms with Gasteiger partial charge in [0.05, 0.1) is 13.2 Å². The Morgan fingerprint density at radius 1 is 1.04 bits per heavy atom. The molecule has 1 amide bonds. The number of ether oxygens (including phenoxy) is 2. The predicted octanol–water partition coefficient (Wildman–Crippen LogP) is 4.68. The number of carbonyl (C=O) groups is 1. The van der Waals surface area contributed by atoms with Crippen LogP contribution in [0.4, 0.5) is 13.2 Å². The Labute approximate surface area is 153 Å². The monoisotopic (exact) mass is 375 g/mol. The Morgan fingerprint density at radius 2 is 1.62 bits per heavy atom. The number of amides is 1. The summed E-state index contributed by atoms with van der Waals surface area (Å²) >= 11 is 0. The third kappa shape index (κ3) is 8.97. The number of carbonyl (C=O) groups excluding carboxylic acids is 1. The zero-order valence-electron chi connectivity index (χ0n) is 15.9. The second-order valence-electron chi connectivity index (χ2n) is 7.26. The van der Waals surface area contributed by atoms with E-state index >= 15 is 0 Å². The lowest BCUT2D eigenvalue weighted by Crippen LogP contribution is -2.43. The molecule has 1 aromatic rings. The number of halogens is 3. The molecule has 0 aliphatic carbocycles. The van der Waals surface area contributed by atoms with Gasteiger partial charge in [0.25, 0.3) is 0 Å². The molecule has 7 heteroatoms. The minimum Gasteiger partial charge on any atom is -0.490 e. The van der Waals surface area contributed by atoms with Crippen molar-refractivity contribution in [1.82, 2.24) is 4.90 Å². The Morgan fingerprint density at radius 3 is 2.12 bits per heavy atom. The van der Waals surface area contributed by atoms with Gasteiger partial charge in [-0.2, -0.15) is 13.2 Å². The molecule has 0 bridgehead atoms. The van der Waals surface area contributed by atoms with Crippen LogP contribution in [0.1, 0.15) is 40.5 Å². The normalized spacial score (nSPS) is 12.0. The van der Waals surface area contributed by atoms with Crippen LogP contribution in [0, 0.1) is 5.41 Å². The van der Waals surface area contributed by atoms with Crippen molar-refractivity contribution >= 4 is 5.91 Å². The largest absolute Gasteiger partial charge is 0.490 e. The van der Waals surface area contributed by atoms with Gasteiger partial charge in [0.2, 0.25) is 5.91 Å². The molecule has 0 spiro atoms. The van der Waals surface area contributed by atoms with E-state index in [9.17, 15) is 18.0 Å². The van der Waals surface area contributed by atoms with E-state index in [4.69, 9.17) is 9.47 Å². The predicted molar refractivity (Wildman–Crippen MR) is 94.4 cm³/mol. The lowest BCUT2D eigenvalue weighted by atomic mass is 9.96. The molecular weight excluding hydrogens is 347 g/mol. The lowest BCUT2D eigenvalue weighted by molar-refractivity contribution is -0.163. The highest BCUT2D eigenvalue weighted by atomic mass is 19.4. The van der Waals surface area contributed by atoms with Gasteiger partial charge >= 0.3 is 6.18 Å². The lowest BCUT2D eigenvalue weighted by Gasteiger charge is -2.30. The molecule has 0 saturated heterocycles. The molecule has 0 unspecified atom stereocenters. The molecule has 26 heavy (non-hydrogen) atoms. The summed E-state index contributed by atoms with van der Waals surface area (Å²) < 4.78 is 49.2. The molecule has 0 aromatic heterocycles. The summed E-state index contributed by atoms with van der Waals surface area (Å²) in [6, 6.07) is 7.15. The number of hydrogen-bond acceptors (Lipinski definition) is 3. The molecule has 1 rings (SSSR count). The van der Waals surface area contributed by atoms with Gasteiger partial charge in [-0.1, -0.05) is 32.9 Å². The first-order valence-electron chi connectivity index (χ1n) is 8.71. The van der Waals surface area contributed by atoms with Crippen molar-refractivity contribution in [3.8, 4) is 11.5 Å². The maximum atomic E-state index is 12.7. The first kappa shape index (κ1) is 22.1. The molecule has 0 heterocycles. The number of alkyl halides is 3. The van der Waals surface area contributed by atoms with E-state index in [0.29, 0.717) is 24.5 Å². The van der Waals surface area contributed by atoms with E-state index in [0.717, 1.165) is 4.90 Å². The molecular formula is C19H28F3NO3. The van der Waals surface area contributed by atoms with Crippen molar-refractivity contribution in [3.63, 3.8) is 0 Å². The highest BCUT2D eigenvalue weighted by molar-refractivity contribution is 5.76. The number of rotatable bonds is 9. The van der Waals surface area contributed by atoms with Crippen LogP contribution in [0.3, 0.4) is 0 Å². The summed E-state index contributed by atoms with van der Waals surface area (Å²) in [5.41, 5.74) is -0.409. The van der Waals surface area contributed by atoms with Crippen molar-refractivity contribution in [2.75, 3.05) is 26.3 Å². The van der Waals surface area contributed by atoms with Gasteiger partial charge in [0, 0.05) is 13.0 Å². The SMILES string of the molecule is CCOc1ccccc1OCCCC(=O)N(CC(C)(C)C)CC(F)(F)F. The Hall–Kier alpha value is -1.92. The quantitative estimate of drug-likeness (QED) is 0.588. The molecule has 1 aromatic carbocycles.